The minimum atomic E-state index is -4.42. The Labute approximate surface area is 90.1 Å². The van der Waals surface area contributed by atoms with Crippen molar-refractivity contribution < 1.29 is 23.1 Å². The zero-order chi connectivity index (χ0) is 10.8. The lowest BCUT2D eigenvalue weighted by molar-refractivity contribution is -0.138. The first-order valence-corrected chi connectivity index (χ1v) is 3.77. The molecule has 6 heteroatoms. The molecule has 2 nitrogen and oxygen atoms in total. The van der Waals surface area contributed by atoms with Crippen LogP contribution >= 0.6 is 12.4 Å². The predicted molar refractivity (Wildman–Crippen MR) is 50.0 cm³/mol. The molecule has 15 heavy (non-hydrogen) atoms. The van der Waals surface area contributed by atoms with Crippen molar-refractivity contribution in [3.63, 3.8) is 0 Å². The second-order valence-corrected chi connectivity index (χ2v) is 2.77. The molecule has 0 aliphatic carbocycles. The Bertz CT molecular complexity index is 349. The third-order valence-electron chi connectivity index (χ3n) is 1.61. The maximum Gasteiger partial charge on any atom is 0.416 e. The number of hydrogen-bond acceptors (Lipinski definition) is 1. The smallest absolute Gasteiger partial charge is 0.416 e. The Hall–Kier alpha value is -1.23. The molecule has 0 heterocycles. The van der Waals surface area contributed by atoms with Crippen molar-refractivity contribution in [2.24, 2.45) is 0 Å². The van der Waals surface area contributed by atoms with Gasteiger partial charge in [-0.3, -0.25) is 4.79 Å². The largest absolute Gasteiger partial charge is 0.481 e. The maximum absolute atomic E-state index is 12.2. The molecule has 1 aromatic rings. The van der Waals surface area contributed by atoms with Gasteiger partial charge in [-0.2, -0.15) is 13.2 Å². The molecule has 0 saturated heterocycles. The van der Waals surface area contributed by atoms with E-state index in [2.05, 4.69) is 0 Å². The van der Waals surface area contributed by atoms with Crippen molar-refractivity contribution in [2.45, 2.75) is 12.6 Å². The number of carbonyl (C=O) groups is 1. The fraction of sp³-hybridized carbons (Fsp3) is 0.222. The van der Waals surface area contributed by atoms with Gasteiger partial charge in [0.1, 0.15) is 0 Å². The number of carboxylic acid groups (broad SMARTS) is 1. The minimum Gasteiger partial charge on any atom is -0.481 e. The van der Waals surface area contributed by atoms with E-state index < -0.39 is 24.1 Å². The standard InChI is InChI=1S/C9H7F3O2.ClH/c10-9(11,12)7-3-1-2-6(4-7)5-8(13)14;/h1-4H,5H2,(H,13,14);1H. The van der Waals surface area contributed by atoms with Crippen LogP contribution in [0.2, 0.25) is 0 Å². The van der Waals surface area contributed by atoms with Crippen molar-refractivity contribution in [1.82, 2.24) is 0 Å². The number of halogens is 4. The molecule has 0 spiro atoms. The van der Waals surface area contributed by atoms with Gasteiger partial charge < -0.3 is 5.11 Å². The van der Waals surface area contributed by atoms with Crippen LogP contribution in [0.1, 0.15) is 11.1 Å². The fourth-order valence-electron chi connectivity index (χ4n) is 1.03. The fourth-order valence-corrected chi connectivity index (χ4v) is 1.03. The van der Waals surface area contributed by atoms with Crippen molar-refractivity contribution in [3.8, 4) is 0 Å². The van der Waals surface area contributed by atoms with Gasteiger partial charge in [0.2, 0.25) is 0 Å². The number of rotatable bonds is 2. The Morgan fingerprint density at radius 3 is 2.40 bits per heavy atom. The zero-order valence-electron chi connectivity index (χ0n) is 7.41. The van der Waals surface area contributed by atoms with Crippen LogP contribution in [-0.4, -0.2) is 11.1 Å². The van der Waals surface area contributed by atoms with Crippen LogP contribution in [-0.2, 0) is 17.4 Å². The number of carboxylic acids is 1. The zero-order valence-corrected chi connectivity index (χ0v) is 8.23. The third kappa shape index (κ3) is 4.20. The molecule has 0 radical (unpaired) electrons. The summed E-state index contributed by atoms with van der Waals surface area (Å²) < 4.78 is 36.5. The first-order chi connectivity index (χ1) is 6.39. The highest BCUT2D eigenvalue weighted by Gasteiger charge is 2.30. The lowest BCUT2D eigenvalue weighted by atomic mass is 10.1. The van der Waals surface area contributed by atoms with E-state index in [-0.39, 0.29) is 18.0 Å². The number of hydrogen-bond donors (Lipinski definition) is 1. The van der Waals surface area contributed by atoms with E-state index in [1.807, 2.05) is 0 Å². The lowest BCUT2D eigenvalue weighted by Gasteiger charge is -2.07. The minimum absolute atomic E-state index is 0. The molecule has 0 aromatic heterocycles. The molecular weight excluding hydrogens is 233 g/mol. The highest BCUT2D eigenvalue weighted by atomic mass is 35.5. The maximum atomic E-state index is 12.2. The first-order valence-electron chi connectivity index (χ1n) is 3.77. The summed E-state index contributed by atoms with van der Waals surface area (Å²) >= 11 is 0. The summed E-state index contributed by atoms with van der Waals surface area (Å²) in [5.41, 5.74) is -0.677. The van der Waals surface area contributed by atoms with E-state index in [1.54, 1.807) is 0 Å². The first kappa shape index (κ1) is 13.8. The summed E-state index contributed by atoms with van der Waals surface area (Å²) in [5.74, 6) is -1.15. The molecule has 0 aliphatic rings. The molecule has 0 aliphatic heterocycles. The van der Waals surface area contributed by atoms with Gasteiger partial charge in [-0.1, -0.05) is 18.2 Å². The highest BCUT2D eigenvalue weighted by molar-refractivity contribution is 5.85. The van der Waals surface area contributed by atoms with Crippen molar-refractivity contribution in [3.05, 3.63) is 35.4 Å². The van der Waals surface area contributed by atoms with E-state index in [4.69, 9.17) is 5.11 Å². The molecule has 1 aromatic carbocycles. The Morgan fingerprint density at radius 2 is 1.93 bits per heavy atom. The summed E-state index contributed by atoms with van der Waals surface area (Å²) in [6.45, 7) is 0. The van der Waals surface area contributed by atoms with Gasteiger partial charge in [0.25, 0.3) is 0 Å². The van der Waals surface area contributed by atoms with E-state index in [1.165, 1.54) is 12.1 Å². The van der Waals surface area contributed by atoms with Crippen LogP contribution in [0.15, 0.2) is 24.3 Å². The second kappa shape index (κ2) is 5.02. The third-order valence-corrected chi connectivity index (χ3v) is 1.61. The quantitative estimate of drug-likeness (QED) is 0.863. The Balaban J connectivity index is 0.00000196. The van der Waals surface area contributed by atoms with Gasteiger partial charge in [-0.25, -0.2) is 0 Å². The second-order valence-electron chi connectivity index (χ2n) is 2.77. The van der Waals surface area contributed by atoms with Crippen LogP contribution in [0, 0.1) is 0 Å². The molecule has 0 amide bonds. The van der Waals surface area contributed by atoms with Crippen LogP contribution in [0.5, 0.6) is 0 Å². The number of alkyl halides is 3. The molecule has 0 fully saturated rings. The average molecular weight is 241 g/mol. The van der Waals surface area contributed by atoms with E-state index in [0.717, 1.165) is 12.1 Å². The summed E-state index contributed by atoms with van der Waals surface area (Å²) in [6, 6.07) is 4.30. The summed E-state index contributed by atoms with van der Waals surface area (Å²) in [6.07, 6.45) is -4.82. The lowest BCUT2D eigenvalue weighted by Crippen LogP contribution is -2.07. The SMILES string of the molecule is Cl.O=C(O)Cc1cccc(C(F)(F)F)c1. The van der Waals surface area contributed by atoms with Crippen molar-refractivity contribution in [1.29, 1.82) is 0 Å². The number of benzene rings is 1. The average Bonchev–Trinajstić information content (AvgIpc) is 2.01. The summed E-state index contributed by atoms with van der Waals surface area (Å²) in [5, 5.41) is 8.38. The van der Waals surface area contributed by atoms with Crippen LogP contribution in [0.25, 0.3) is 0 Å². The monoisotopic (exact) mass is 240 g/mol. The number of aliphatic carboxylic acids is 1. The van der Waals surface area contributed by atoms with E-state index in [9.17, 15) is 18.0 Å². The van der Waals surface area contributed by atoms with Crippen molar-refractivity contribution in [2.75, 3.05) is 0 Å². The van der Waals surface area contributed by atoms with Gasteiger partial charge in [0, 0.05) is 0 Å². The molecule has 0 saturated carbocycles. The summed E-state index contributed by atoms with van der Waals surface area (Å²) in [4.78, 5) is 10.2. The van der Waals surface area contributed by atoms with E-state index in [0.29, 0.717) is 0 Å². The molecule has 0 unspecified atom stereocenters. The molecule has 0 atom stereocenters. The van der Waals surface area contributed by atoms with Gasteiger partial charge in [0.15, 0.2) is 0 Å². The van der Waals surface area contributed by atoms with Crippen LogP contribution in [0.3, 0.4) is 0 Å². The molecule has 1 N–H and O–H groups in total. The van der Waals surface area contributed by atoms with Crippen LogP contribution in [0.4, 0.5) is 13.2 Å². The van der Waals surface area contributed by atoms with E-state index >= 15 is 0 Å². The summed E-state index contributed by atoms with van der Waals surface area (Å²) in [7, 11) is 0. The van der Waals surface area contributed by atoms with Gasteiger partial charge in [-0.15, -0.1) is 12.4 Å². The van der Waals surface area contributed by atoms with Gasteiger partial charge >= 0.3 is 12.1 Å². The molecule has 1 rings (SSSR count). The normalized spacial score (nSPS) is 10.6. The van der Waals surface area contributed by atoms with Gasteiger partial charge in [0.05, 0.1) is 12.0 Å². The van der Waals surface area contributed by atoms with Crippen LogP contribution < -0.4 is 0 Å². The molecule has 0 bridgehead atoms. The van der Waals surface area contributed by atoms with Gasteiger partial charge in [-0.05, 0) is 11.6 Å². The molecular formula is C9H8ClF3O2. The van der Waals surface area contributed by atoms with Crippen molar-refractivity contribution >= 4 is 18.4 Å². The Kier molecular flexibility index (Phi) is 4.61. The topological polar surface area (TPSA) is 37.3 Å². The highest BCUT2D eigenvalue weighted by Crippen LogP contribution is 2.29. The predicted octanol–water partition coefficient (Wildman–Crippen LogP) is 2.75. The Morgan fingerprint density at radius 1 is 1.33 bits per heavy atom. The molecule has 84 valence electrons.